The molecule has 1 aromatic rings. The van der Waals surface area contributed by atoms with Gasteiger partial charge < -0.3 is 14.6 Å². The van der Waals surface area contributed by atoms with Gasteiger partial charge in [0.25, 0.3) is 5.69 Å². The number of methoxy groups -OCH3 is 1. The van der Waals surface area contributed by atoms with Crippen LogP contribution in [0, 0.1) is 10.1 Å². The molecule has 7 heteroatoms. The average Bonchev–Trinajstić information content (AvgIpc) is 2.28. The van der Waals surface area contributed by atoms with Crippen molar-refractivity contribution >= 4 is 11.7 Å². The minimum Gasteiger partial charge on any atom is -0.493 e. The lowest BCUT2D eigenvalue weighted by Crippen LogP contribution is -2.05. The molecule has 17 heavy (non-hydrogen) atoms. The summed E-state index contributed by atoms with van der Waals surface area (Å²) in [5.74, 6) is -1.10. The molecule has 7 nitrogen and oxygen atoms in total. The Morgan fingerprint density at radius 3 is 2.53 bits per heavy atom. The maximum Gasteiger partial charge on any atom is 0.342 e. The number of nitro benzene ring substituents is 1. The maximum absolute atomic E-state index is 10.9. The van der Waals surface area contributed by atoms with Crippen molar-refractivity contribution in [2.45, 2.75) is 6.92 Å². The van der Waals surface area contributed by atoms with E-state index < -0.39 is 22.1 Å². The Balaban J connectivity index is 3.42. The second-order valence-corrected chi connectivity index (χ2v) is 3.02. The number of ether oxygens (including phenoxy) is 2. The zero-order valence-electron chi connectivity index (χ0n) is 9.30. The SMILES string of the molecule is CCOc1cc(C(=O)O)c([N+](=O)[O-])cc1OC. The molecule has 0 fully saturated rings. The summed E-state index contributed by atoms with van der Waals surface area (Å²) in [4.78, 5) is 20.8. The molecular weight excluding hydrogens is 230 g/mol. The Bertz CT molecular complexity index is 456. The van der Waals surface area contributed by atoms with Gasteiger partial charge in [-0.1, -0.05) is 0 Å². The van der Waals surface area contributed by atoms with Crippen molar-refractivity contribution in [3.63, 3.8) is 0 Å². The van der Waals surface area contributed by atoms with Crippen molar-refractivity contribution in [1.82, 2.24) is 0 Å². The molecule has 0 atom stereocenters. The predicted octanol–water partition coefficient (Wildman–Crippen LogP) is 1.70. The number of hydrogen-bond donors (Lipinski definition) is 1. The van der Waals surface area contributed by atoms with E-state index in [2.05, 4.69) is 0 Å². The first-order valence-corrected chi connectivity index (χ1v) is 4.73. The minimum atomic E-state index is -1.39. The fraction of sp³-hybridized carbons (Fsp3) is 0.300. The summed E-state index contributed by atoms with van der Waals surface area (Å²) in [6.07, 6.45) is 0. The van der Waals surface area contributed by atoms with Gasteiger partial charge in [-0.25, -0.2) is 4.79 Å². The van der Waals surface area contributed by atoms with Crippen LogP contribution >= 0.6 is 0 Å². The molecule has 0 saturated heterocycles. The lowest BCUT2D eigenvalue weighted by Gasteiger charge is -2.10. The van der Waals surface area contributed by atoms with Gasteiger partial charge in [0, 0.05) is 6.07 Å². The van der Waals surface area contributed by atoms with Gasteiger partial charge >= 0.3 is 5.97 Å². The second-order valence-electron chi connectivity index (χ2n) is 3.02. The summed E-state index contributed by atoms with van der Waals surface area (Å²) < 4.78 is 10.0. The summed E-state index contributed by atoms with van der Waals surface area (Å²) >= 11 is 0. The number of benzene rings is 1. The third-order valence-electron chi connectivity index (χ3n) is 2.01. The number of aromatic carboxylic acids is 1. The highest BCUT2D eigenvalue weighted by atomic mass is 16.6. The predicted molar refractivity (Wildman–Crippen MR) is 57.8 cm³/mol. The van der Waals surface area contributed by atoms with E-state index in [9.17, 15) is 14.9 Å². The van der Waals surface area contributed by atoms with Gasteiger partial charge in [0.1, 0.15) is 5.56 Å². The molecule has 0 unspecified atom stereocenters. The molecule has 0 heterocycles. The minimum absolute atomic E-state index is 0.128. The zero-order valence-corrected chi connectivity index (χ0v) is 9.30. The zero-order chi connectivity index (χ0) is 13.0. The van der Waals surface area contributed by atoms with Gasteiger partial charge in [-0.15, -0.1) is 0 Å². The molecule has 1 rings (SSSR count). The van der Waals surface area contributed by atoms with Gasteiger partial charge in [0.2, 0.25) is 0 Å². The number of nitrogens with zero attached hydrogens (tertiary/aromatic N) is 1. The Labute approximate surface area is 96.7 Å². The van der Waals surface area contributed by atoms with Crippen molar-refractivity contribution in [3.8, 4) is 11.5 Å². The van der Waals surface area contributed by atoms with Crippen LogP contribution in [0.4, 0.5) is 5.69 Å². The molecule has 0 saturated carbocycles. The third-order valence-corrected chi connectivity index (χ3v) is 2.01. The molecule has 0 spiro atoms. The Hall–Kier alpha value is -2.31. The highest BCUT2D eigenvalue weighted by Crippen LogP contribution is 2.34. The number of rotatable bonds is 5. The van der Waals surface area contributed by atoms with Gasteiger partial charge in [-0.05, 0) is 6.92 Å². The maximum atomic E-state index is 10.9. The van der Waals surface area contributed by atoms with Crippen molar-refractivity contribution < 1.29 is 24.3 Å². The lowest BCUT2D eigenvalue weighted by molar-refractivity contribution is -0.385. The van der Waals surface area contributed by atoms with E-state index in [0.29, 0.717) is 6.61 Å². The summed E-state index contributed by atoms with van der Waals surface area (Å²) in [5, 5.41) is 19.6. The summed E-state index contributed by atoms with van der Waals surface area (Å²) in [6, 6.07) is 2.12. The van der Waals surface area contributed by atoms with E-state index in [1.165, 1.54) is 7.11 Å². The summed E-state index contributed by atoms with van der Waals surface area (Å²) in [7, 11) is 1.32. The van der Waals surface area contributed by atoms with Gasteiger partial charge in [-0.3, -0.25) is 10.1 Å². The second kappa shape index (κ2) is 5.15. The van der Waals surface area contributed by atoms with Crippen LogP contribution in [-0.4, -0.2) is 29.7 Å². The van der Waals surface area contributed by atoms with Crippen LogP contribution in [0.2, 0.25) is 0 Å². The lowest BCUT2D eigenvalue weighted by atomic mass is 10.1. The fourth-order valence-corrected chi connectivity index (χ4v) is 1.30. The van der Waals surface area contributed by atoms with E-state index in [-0.39, 0.29) is 11.5 Å². The van der Waals surface area contributed by atoms with Crippen LogP contribution in [0.5, 0.6) is 11.5 Å². The van der Waals surface area contributed by atoms with Crippen molar-refractivity contribution in [2.24, 2.45) is 0 Å². The topological polar surface area (TPSA) is 98.9 Å². The van der Waals surface area contributed by atoms with E-state index in [1.807, 2.05) is 0 Å². The van der Waals surface area contributed by atoms with Crippen LogP contribution < -0.4 is 9.47 Å². The molecule has 1 N–H and O–H groups in total. The normalized spacial score (nSPS) is 9.76. The van der Waals surface area contributed by atoms with E-state index in [1.54, 1.807) is 6.92 Å². The summed E-state index contributed by atoms with van der Waals surface area (Å²) in [5.41, 5.74) is -0.961. The first-order valence-electron chi connectivity index (χ1n) is 4.73. The molecule has 0 aliphatic carbocycles. The molecular formula is C10H11NO6. The van der Waals surface area contributed by atoms with Gasteiger partial charge in [-0.2, -0.15) is 0 Å². The van der Waals surface area contributed by atoms with Crippen LogP contribution in [-0.2, 0) is 0 Å². The highest BCUT2D eigenvalue weighted by Gasteiger charge is 2.24. The fourth-order valence-electron chi connectivity index (χ4n) is 1.30. The first-order chi connectivity index (χ1) is 8.01. The molecule has 0 amide bonds. The van der Waals surface area contributed by atoms with Gasteiger partial charge in [0.15, 0.2) is 11.5 Å². The quantitative estimate of drug-likeness (QED) is 0.622. The number of nitro groups is 1. The number of carboxylic acids is 1. The number of carboxylic acid groups (broad SMARTS) is 1. The first kappa shape index (κ1) is 12.8. The molecule has 0 aliphatic heterocycles. The van der Waals surface area contributed by atoms with Crippen molar-refractivity contribution in [2.75, 3.05) is 13.7 Å². The van der Waals surface area contributed by atoms with Crippen molar-refractivity contribution in [3.05, 3.63) is 27.8 Å². The van der Waals surface area contributed by atoms with Crippen LogP contribution in [0.1, 0.15) is 17.3 Å². The van der Waals surface area contributed by atoms with Crippen molar-refractivity contribution in [1.29, 1.82) is 0 Å². The molecule has 0 aliphatic rings. The van der Waals surface area contributed by atoms with Crippen LogP contribution in [0.25, 0.3) is 0 Å². The molecule has 92 valence electrons. The van der Waals surface area contributed by atoms with Crippen LogP contribution in [0.3, 0.4) is 0 Å². The van der Waals surface area contributed by atoms with E-state index >= 15 is 0 Å². The average molecular weight is 241 g/mol. The van der Waals surface area contributed by atoms with Gasteiger partial charge in [0.05, 0.1) is 24.7 Å². The Morgan fingerprint density at radius 1 is 1.47 bits per heavy atom. The molecule has 0 radical (unpaired) electrons. The van der Waals surface area contributed by atoms with Crippen LogP contribution in [0.15, 0.2) is 12.1 Å². The standard InChI is InChI=1S/C10H11NO6/c1-3-17-9-4-6(10(12)13)7(11(14)15)5-8(9)16-2/h4-5H,3H2,1-2H3,(H,12,13). The third kappa shape index (κ3) is 2.63. The largest absolute Gasteiger partial charge is 0.493 e. The Kier molecular flexibility index (Phi) is 3.86. The number of carbonyl (C=O) groups is 1. The highest BCUT2D eigenvalue weighted by molar-refractivity contribution is 5.93. The van der Waals surface area contributed by atoms with E-state index in [4.69, 9.17) is 14.6 Å². The number of hydrogen-bond acceptors (Lipinski definition) is 5. The van der Waals surface area contributed by atoms with E-state index in [0.717, 1.165) is 12.1 Å². The Morgan fingerprint density at radius 2 is 2.12 bits per heavy atom. The smallest absolute Gasteiger partial charge is 0.342 e. The summed E-state index contributed by atoms with van der Waals surface area (Å²) in [6.45, 7) is 2.01. The molecule has 0 bridgehead atoms. The molecule has 0 aromatic heterocycles. The monoisotopic (exact) mass is 241 g/mol. The molecule has 1 aromatic carbocycles.